The Bertz CT molecular complexity index is 899. The summed E-state index contributed by atoms with van der Waals surface area (Å²) in [6, 6.07) is 8.25. The van der Waals surface area contributed by atoms with Crippen molar-refractivity contribution >= 4 is 23.1 Å². The predicted octanol–water partition coefficient (Wildman–Crippen LogP) is 4.10. The summed E-state index contributed by atoms with van der Waals surface area (Å²) in [5.74, 6) is -1.72. The summed E-state index contributed by atoms with van der Waals surface area (Å²) in [5, 5.41) is 0.357. The summed E-state index contributed by atoms with van der Waals surface area (Å²) < 4.78 is 28.6. The molecule has 0 amide bonds. The van der Waals surface area contributed by atoms with E-state index in [9.17, 15) is 13.6 Å². The summed E-state index contributed by atoms with van der Waals surface area (Å²) in [7, 11) is 3.57. The maximum atomic E-state index is 14.3. The van der Waals surface area contributed by atoms with E-state index in [4.69, 9.17) is 11.6 Å². The Morgan fingerprint density at radius 3 is 2.44 bits per heavy atom. The van der Waals surface area contributed by atoms with Gasteiger partial charge in [-0.05, 0) is 30.3 Å². The van der Waals surface area contributed by atoms with E-state index in [2.05, 4.69) is 4.99 Å². The Hall–Kier alpha value is -2.53. The summed E-state index contributed by atoms with van der Waals surface area (Å²) in [4.78, 5) is 18.9. The largest absolute Gasteiger partial charge is 0.383 e. The molecule has 0 saturated heterocycles. The van der Waals surface area contributed by atoms with Crippen molar-refractivity contribution in [2.24, 2.45) is 4.99 Å². The van der Waals surface area contributed by atoms with Crippen LogP contribution in [0.15, 0.2) is 53.2 Å². The van der Waals surface area contributed by atoms with Crippen LogP contribution in [0.25, 0.3) is 0 Å². The van der Waals surface area contributed by atoms with Gasteiger partial charge in [0.2, 0.25) is 0 Å². The van der Waals surface area contributed by atoms with Crippen molar-refractivity contribution in [3.05, 3.63) is 81.5 Å². The number of rotatable bonds is 2. The van der Waals surface area contributed by atoms with Crippen molar-refractivity contribution in [2.75, 3.05) is 20.6 Å². The third-order valence-corrected chi connectivity index (χ3v) is 4.03. The molecule has 1 aliphatic heterocycles. The zero-order chi connectivity index (χ0) is 18.1. The number of carbonyl (C=O) groups is 1. The maximum absolute atomic E-state index is 14.3. The Labute approximate surface area is 149 Å². The summed E-state index contributed by atoms with van der Waals surface area (Å²) >= 11 is 6.05. The molecule has 0 saturated carbocycles. The Kier molecular flexibility index (Phi) is 4.68. The molecule has 0 unspecified atom stereocenters. The maximum Gasteiger partial charge on any atom is 0.193 e. The molecule has 1 heterocycles. The number of Topliss-reactive ketones (excluding diaryl/α,β-unsaturated/α-hetero) is 1. The number of hydrogen-bond donors (Lipinski definition) is 0. The molecule has 0 aliphatic carbocycles. The first-order chi connectivity index (χ1) is 11.9. The zero-order valence-electron chi connectivity index (χ0n) is 13.7. The number of carbonyl (C=O) groups excluding carboxylic acids is 1. The molecule has 2 aromatic rings. The van der Waals surface area contributed by atoms with Crippen LogP contribution in [0, 0.1) is 11.6 Å². The van der Waals surface area contributed by atoms with Gasteiger partial charge in [0.25, 0.3) is 0 Å². The van der Waals surface area contributed by atoms with Gasteiger partial charge >= 0.3 is 0 Å². The minimum Gasteiger partial charge on any atom is -0.383 e. The standard InChI is InChI=1S/C19H15ClF2N2O/c1-24(2)10-11-9-23-18(17-15(21)4-3-5-16(17)22)14-8-12(20)6-7-13(14)19(11)25/h3-8,10H,9H2,1-2H3. The van der Waals surface area contributed by atoms with Crippen molar-refractivity contribution < 1.29 is 13.6 Å². The minimum absolute atomic E-state index is 0.0203. The van der Waals surface area contributed by atoms with Gasteiger partial charge in [0.1, 0.15) is 11.6 Å². The van der Waals surface area contributed by atoms with Gasteiger partial charge in [-0.3, -0.25) is 9.79 Å². The molecular formula is C19H15ClF2N2O. The average Bonchev–Trinajstić information content (AvgIpc) is 2.66. The number of aliphatic imine (C=N–C) groups is 1. The fourth-order valence-corrected chi connectivity index (χ4v) is 2.93. The van der Waals surface area contributed by atoms with Gasteiger partial charge in [0.15, 0.2) is 5.78 Å². The van der Waals surface area contributed by atoms with E-state index in [-0.39, 0.29) is 23.6 Å². The highest BCUT2D eigenvalue weighted by molar-refractivity contribution is 6.32. The van der Waals surface area contributed by atoms with E-state index >= 15 is 0 Å². The van der Waals surface area contributed by atoms with Crippen molar-refractivity contribution in [3.8, 4) is 0 Å². The molecule has 0 aromatic heterocycles. The van der Waals surface area contributed by atoms with Gasteiger partial charge in [0, 0.05) is 42.0 Å². The van der Waals surface area contributed by atoms with Gasteiger partial charge in [-0.1, -0.05) is 17.7 Å². The Morgan fingerprint density at radius 1 is 1.12 bits per heavy atom. The van der Waals surface area contributed by atoms with Crippen LogP contribution >= 0.6 is 11.6 Å². The van der Waals surface area contributed by atoms with Gasteiger partial charge in [-0.25, -0.2) is 8.78 Å². The molecule has 128 valence electrons. The topological polar surface area (TPSA) is 32.7 Å². The quantitative estimate of drug-likeness (QED) is 0.755. The average molecular weight is 361 g/mol. The van der Waals surface area contributed by atoms with Crippen LogP contribution in [0.4, 0.5) is 8.78 Å². The normalized spacial score (nSPS) is 15.6. The smallest absolute Gasteiger partial charge is 0.193 e. The third-order valence-electron chi connectivity index (χ3n) is 3.79. The number of ketones is 1. The van der Waals surface area contributed by atoms with Crippen molar-refractivity contribution in [1.82, 2.24) is 4.90 Å². The molecule has 0 N–H and O–H groups in total. The molecule has 0 bridgehead atoms. The van der Waals surface area contributed by atoms with Gasteiger partial charge < -0.3 is 4.90 Å². The number of benzene rings is 2. The molecule has 0 atom stereocenters. The second-order valence-corrected chi connectivity index (χ2v) is 6.33. The molecule has 25 heavy (non-hydrogen) atoms. The number of fused-ring (bicyclic) bond motifs is 1. The molecule has 3 rings (SSSR count). The van der Waals surface area contributed by atoms with Crippen molar-refractivity contribution in [3.63, 3.8) is 0 Å². The van der Waals surface area contributed by atoms with Gasteiger partial charge in [0.05, 0.1) is 17.8 Å². The van der Waals surface area contributed by atoms with E-state index < -0.39 is 11.6 Å². The third kappa shape index (κ3) is 3.33. The van der Waals surface area contributed by atoms with Crippen molar-refractivity contribution in [2.45, 2.75) is 0 Å². The summed E-state index contributed by atoms with van der Waals surface area (Å²) in [6.45, 7) is 0.0203. The molecule has 0 radical (unpaired) electrons. The number of halogens is 3. The number of hydrogen-bond acceptors (Lipinski definition) is 3. The van der Waals surface area contributed by atoms with E-state index in [0.717, 1.165) is 12.1 Å². The van der Waals surface area contributed by atoms with Crippen LogP contribution in [-0.4, -0.2) is 37.0 Å². The molecular weight excluding hydrogens is 346 g/mol. The molecule has 6 heteroatoms. The first kappa shape index (κ1) is 17.3. The minimum atomic E-state index is -0.739. The lowest BCUT2D eigenvalue weighted by molar-refractivity contribution is 0.103. The fraction of sp³-hybridized carbons (Fsp3) is 0.158. The van der Waals surface area contributed by atoms with E-state index in [1.165, 1.54) is 12.1 Å². The van der Waals surface area contributed by atoms with E-state index in [0.29, 0.717) is 21.7 Å². The molecule has 0 spiro atoms. The van der Waals surface area contributed by atoms with Gasteiger partial charge in [-0.15, -0.1) is 0 Å². The SMILES string of the molecule is CN(C)C=C1CN=C(c2c(F)cccc2F)c2cc(Cl)ccc2C1=O. The van der Waals surface area contributed by atoms with Crippen molar-refractivity contribution in [1.29, 1.82) is 0 Å². The van der Waals surface area contributed by atoms with E-state index in [1.54, 1.807) is 37.3 Å². The van der Waals surface area contributed by atoms with Crippen LogP contribution < -0.4 is 0 Å². The van der Waals surface area contributed by atoms with Crippen LogP contribution in [0.5, 0.6) is 0 Å². The summed E-state index contributed by atoms with van der Waals surface area (Å²) in [5.41, 5.74) is 0.897. The van der Waals surface area contributed by atoms with E-state index in [1.807, 2.05) is 0 Å². The second-order valence-electron chi connectivity index (χ2n) is 5.90. The Morgan fingerprint density at radius 2 is 1.80 bits per heavy atom. The predicted molar refractivity (Wildman–Crippen MR) is 94.4 cm³/mol. The lowest BCUT2D eigenvalue weighted by Gasteiger charge is -2.11. The molecule has 1 aliphatic rings. The molecule has 3 nitrogen and oxygen atoms in total. The lowest BCUT2D eigenvalue weighted by atomic mass is 9.94. The summed E-state index contributed by atoms with van der Waals surface area (Å²) in [6.07, 6.45) is 1.66. The second kappa shape index (κ2) is 6.76. The fourth-order valence-electron chi connectivity index (χ4n) is 2.75. The molecule has 2 aromatic carbocycles. The highest BCUT2D eigenvalue weighted by Gasteiger charge is 2.27. The number of nitrogens with zero attached hydrogens (tertiary/aromatic N) is 2. The van der Waals surface area contributed by atoms with Crippen LogP contribution in [-0.2, 0) is 0 Å². The highest BCUT2D eigenvalue weighted by Crippen LogP contribution is 2.27. The first-order valence-corrected chi connectivity index (χ1v) is 7.97. The van der Waals surface area contributed by atoms with Crippen LogP contribution in [0.3, 0.4) is 0 Å². The van der Waals surface area contributed by atoms with Crippen LogP contribution in [0.1, 0.15) is 21.5 Å². The molecule has 0 fully saturated rings. The first-order valence-electron chi connectivity index (χ1n) is 7.59. The highest BCUT2D eigenvalue weighted by atomic mass is 35.5. The lowest BCUT2D eigenvalue weighted by Crippen LogP contribution is -2.13. The Balaban J connectivity index is 2.29. The monoisotopic (exact) mass is 360 g/mol. The van der Waals surface area contributed by atoms with Gasteiger partial charge in [-0.2, -0.15) is 0 Å². The zero-order valence-corrected chi connectivity index (χ0v) is 14.4. The van der Waals surface area contributed by atoms with Crippen LogP contribution in [0.2, 0.25) is 5.02 Å².